The summed E-state index contributed by atoms with van der Waals surface area (Å²) in [5.41, 5.74) is 0.945. The van der Waals surface area contributed by atoms with E-state index in [0.717, 1.165) is 31.2 Å². The minimum Gasteiger partial charge on any atom is -0.384 e. The van der Waals surface area contributed by atoms with E-state index in [9.17, 15) is 0 Å². The number of nitrogens with one attached hydrogen (secondary N) is 1. The molecule has 4 nitrogen and oxygen atoms in total. The van der Waals surface area contributed by atoms with Crippen molar-refractivity contribution in [1.82, 2.24) is 15.1 Å². The maximum Gasteiger partial charge on any atom is 0.153 e. The van der Waals surface area contributed by atoms with E-state index >= 15 is 0 Å². The summed E-state index contributed by atoms with van der Waals surface area (Å²) in [6, 6.07) is 2.60. The third-order valence-electron chi connectivity index (χ3n) is 3.84. The smallest absolute Gasteiger partial charge is 0.153 e. The van der Waals surface area contributed by atoms with Crippen LogP contribution in [0.4, 0.5) is 5.69 Å². The van der Waals surface area contributed by atoms with E-state index in [1.54, 1.807) is 12.3 Å². The van der Waals surface area contributed by atoms with Crippen molar-refractivity contribution < 1.29 is 0 Å². The lowest BCUT2D eigenvalue weighted by Gasteiger charge is -2.31. The first-order valence-electron chi connectivity index (χ1n) is 7.18. The zero-order valence-corrected chi connectivity index (χ0v) is 12.4. The van der Waals surface area contributed by atoms with Crippen molar-refractivity contribution in [3.63, 3.8) is 0 Å². The maximum absolute atomic E-state index is 5.79. The second kappa shape index (κ2) is 7.65. The van der Waals surface area contributed by atoms with Gasteiger partial charge in [0.1, 0.15) is 0 Å². The zero-order valence-electron chi connectivity index (χ0n) is 11.6. The Labute approximate surface area is 120 Å². The van der Waals surface area contributed by atoms with Gasteiger partial charge >= 0.3 is 0 Å². The summed E-state index contributed by atoms with van der Waals surface area (Å²) < 4.78 is 0. The molecule has 1 aromatic heterocycles. The molecule has 0 amide bonds. The summed E-state index contributed by atoms with van der Waals surface area (Å²) >= 11 is 5.79. The average molecular weight is 283 g/mol. The van der Waals surface area contributed by atoms with Crippen molar-refractivity contribution in [1.29, 1.82) is 0 Å². The molecule has 106 valence electrons. The van der Waals surface area contributed by atoms with Crippen molar-refractivity contribution in [3.05, 3.63) is 17.4 Å². The number of hydrogen-bond acceptors (Lipinski definition) is 4. The van der Waals surface area contributed by atoms with Gasteiger partial charge in [-0.3, -0.25) is 0 Å². The van der Waals surface area contributed by atoms with E-state index in [-0.39, 0.29) is 0 Å². The van der Waals surface area contributed by atoms with Crippen LogP contribution in [0.25, 0.3) is 0 Å². The van der Waals surface area contributed by atoms with Crippen molar-refractivity contribution in [3.8, 4) is 0 Å². The molecule has 2 rings (SSSR count). The standard InChI is InChI=1S/C14H23ClN4/c1-19(13-6-3-2-4-7-13)9-5-8-16-12-10-14(15)18-17-11-12/h10-11,13H,2-9H2,1H3,(H,16,18). The maximum atomic E-state index is 5.79. The Morgan fingerprint density at radius 3 is 2.89 bits per heavy atom. The molecule has 0 aliphatic heterocycles. The van der Waals surface area contributed by atoms with Gasteiger partial charge in [0.05, 0.1) is 11.9 Å². The van der Waals surface area contributed by atoms with Crippen LogP contribution in [0.3, 0.4) is 0 Å². The van der Waals surface area contributed by atoms with Crippen LogP contribution in [0.1, 0.15) is 38.5 Å². The molecule has 5 heteroatoms. The van der Waals surface area contributed by atoms with Crippen LogP contribution in [0.15, 0.2) is 12.3 Å². The summed E-state index contributed by atoms with van der Waals surface area (Å²) in [6.07, 6.45) is 9.79. The Morgan fingerprint density at radius 1 is 1.37 bits per heavy atom. The first-order chi connectivity index (χ1) is 9.25. The normalized spacial score (nSPS) is 16.8. The van der Waals surface area contributed by atoms with Gasteiger partial charge in [0.2, 0.25) is 0 Å². The lowest BCUT2D eigenvalue weighted by Crippen LogP contribution is -2.34. The molecule has 1 aliphatic carbocycles. The van der Waals surface area contributed by atoms with Gasteiger partial charge in [-0.2, -0.15) is 5.10 Å². The SMILES string of the molecule is CN(CCCNc1cnnc(Cl)c1)C1CCCCC1. The third-order valence-corrected chi connectivity index (χ3v) is 4.02. The number of halogens is 1. The molecule has 0 aromatic carbocycles. The molecule has 1 heterocycles. The van der Waals surface area contributed by atoms with E-state index in [2.05, 4.69) is 27.5 Å². The molecule has 19 heavy (non-hydrogen) atoms. The van der Waals surface area contributed by atoms with Gasteiger partial charge < -0.3 is 10.2 Å². The first kappa shape index (κ1) is 14.5. The van der Waals surface area contributed by atoms with Gasteiger partial charge in [-0.05, 0) is 32.9 Å². The number of aromatic nitrogens is 2. The molecule has 0 bridgehead atoms. The molecule has 1 aromatic rings. The second-order valence-corrected chi connectivity index (χ2v) is 5.71. The number of rotatable bonds is 6. The Hall–Kier alpha value is -0.870. The molecule has 1 aliphatic rings. The molecule has 1 saturated carbocycles. The topological polar surface area (TPSA) is 41.0 Å². The predicted octanol–water partition coefficient (Wildman–Crippen LogP) is 3.20. The molecule has 0 spiro atoms. The minimum absolute atomic E-state index is 0.435. The summed E-state index contributed by atoms with van der Waals surface area (Å²) in [5, 5.41) is 11.3. The van der Waals surface area contributed by atoms with E-state index in [0.29, 0.717) is 5.15 Å². The van der Waals surface area contributed by atoms with Crippen molar-refractivity contribution in [2.24, 2.45) is 0 Å². The lowest BCUT2D eigenvalue weighted by molar-refractivity contribution is 0.191. The van der Waals surface area contributed by atoms with Crippen LogP contribution in [0, 0.1) is 0 Å². The van der Waals surface area contributed by atoms with Crippen LogP contribution >= 0.6 is 11.6 Å². The van der Waals surface area contributed by atoms with Crippen molar-refractivity contribution >= 4 is 17.3 Å². The van der Waals surface area contributed by atoms with Crippen molar-refractivity contribution in [2.75, 3.05) is 25.5 Å². The van der Waals surface area contributed by atoms with Crippen LogP contribution in [0.2, 0.25) is 5.15 Å². The molecule has 0 saturated heterocycles. The highest BCUT2D eigenvalue weighted by atomic mass is 35.5. The molecule has 0 unspecified atom stereocenters. The minimum atomic E-state index is 0.435. The van der Waals surface area contributed by atoms with E-state index in [1.165, 1.54) is 32.1 Å². The lowest BCUT2D eigenvalue weighted by atomic mass is 9.94. The van der Waals surface area contributed by atoms with E-state index in [1.807, 2.05) is 0 Å². The fraction of sp³-hybridized carbons (Fsp3) is 0.714. The largest absolute Gasteiger partial charge is 0.384 e. The highest BCUT2D eigenvalue weighted by Gasteiger charge is 2.17. The Morgan fingerprint density at radius 2 is 2.16 bits per heavy atom. The number of nitrogens with zero attached hydrogens (tertiary/aromatic N) is 3. The van der Waals surface area contributed by atoms with Gasteiger partial charge in [0, 0.05) is 18.7 Å². The number of hydrogen-bond donors (Lipinski definition) is 1. The van der Waals surface area contributed by atoms with E-state index in [4.69, 9.17) is 11.6 Å². The predicted molar refractivity (Wildman–Crippen MR) is 79.7 cm³/mol. The molecular formula is C14H23ClN4. The van der Waals surface area contributed by atoms with Crippen LogP contribution < -0.4 is 5.32 Å². The van der Waals surface area contributed by atoms with Crippen LogP contribution in [-0.2, 0) is 0 Å². The fourth-order valence-electron chi connectivity index (χ4n) is 2.70. The summed E-state index contributed by atoms with van der Waals surface area (Å²) in [4.78, 5) is 2.51. The number of anilines is 1. The molecule has 0 radical (unpaired) electrons. The van der Waals surface area contributed by atoms with Gasteiger partial charge in [0.15, 0.2) is 5.15 Å². The first-order valence-corrected chi connectivity index (χ1v) is 7.56. The monoisotopic (exact) mass is 282 g/mol. The zero-order chi connectivity index (χ0) is 13.5. The van der Waals surface area contributed by atoms with E-state index < -0.39 is 0 Å². The van der Waals surface area contributed by atoms with Gasteiger partial charge in [-0.25, -0.2) is 0 Å². The van der Waals surface area contributed by atoms with Crippen molar-refractivity contribution in [2.45, 2.75) is 44.6 Å². The summed E-state index contributed by atoms with van der Waals surface area (Å²) in [6.45, 7) is 2.09. The van der Waals surface area contributed by atoms with Gasteiger partial charge in [0.25, 0.3) is 0 Å². The van der Waals surface area contributed by atoms with Crippen LogP contribution in [0.5, 0.6) is 0 Å². The Bertz CT molecular complexity index is 379. The molecular weight excluding hydrogens is 260 g/mol. The molecule has 0 atom stereocenters. The molecule has 1 fully saturated rings. The summed E-state index contributed by atoms with van der Waals surface area (Å²) in [5.74, 6) is 0. The fourth-order valence-corrected chi connectivity index (χ4v) is 2.86. The Balaban J connectivity index is 1.63. The molecule has 1 N–H and O–H groups in total. The average Bonchev–Trinajstić information content (AvgIpc) is 2.44. The van der Waals surface area contributed by atoms with Crippen LogP contribution in [-0.4, -0.2) is 41.3 Å². The Kier molecular flexibility index (Phi) is 5.86. The second-order valence-electron chi connectivity index (χ2n) is 5.32. The van der Waals surface area contributed by atoms with Gasteiger partial charge in [-0.15, -0.1) is 5.10 Å². The third kappa shape index (κ3) is 4.96. The highest BCUT2D eigenvalue weighted by Crippen LogP contribution is 2.21. The summed E-state index contributed by atoms with van der Waals surface area (Å²) in [7, 11) is 2.25. The quantitative estimate of drug-likeness (QED) is 0.814. The highest BCUT2D eigenvalue weighted by molar-refractivity contribution is 6.29. The van der Waals surface area contributed by atoms with Gasteiger partial charge in [-0.1, -0.05) is 30.9 Å².